The molecule has 1 aliphatic heterocycles. The van der Waals surface area contributed by atoms with E-state index in [9.17, 15) is 0 Å². The standard InChI is InChI=1S/C12H8Br2N2O2.C6H5.Bi/c13-7-1-3-9(11(17)5-7)15-16-10-4-2-8(14)6-12(10)18;1-2-4-6-5-3-1;/h1-6,17-18H;1-5H;/q;;+2/p-2. The van der Waals surface area contributed by atoms with E-state index in [0.29, 0.717) is 22.9 Å². The van der Waals surface area contributed by atoms with Gasteiger partial charge in [-0.15, -0.1) is 0 Å². The fraction of sp³-hybridized carbons (Fsp3) is 0. The topological polar surface area (TPSA) is 43.2 Å². The van der Waals surface area contributed by atoms with Gasteiger partial charge in [-0.05, 0) is 0 Å². The number of hydrogen-bond donors (Lipinski definition) is 0. The molecule has 124 valence electrons. The van der Waals surface area contributed by atoms with Crippen molar-refractivity contribution in [3.8, 4) is 11.5 Å². The third-order valence-electron chi connectivity index (χ3n) is 3.44. The second-order valence-corrected chi connectivity index (χ2v) is 12.5. The van der Waals surface area contributed by atoms with Crippen LogP contribution in [-0.2, 0) is 0 Å². The molecule has 3 aromatic carbocycles. The van der Waals surface area contributed by atoms with Crippen molar-refractivity contribution in [1.82, 2.24) is 0 Å². The van der Waals surface area contributed by atoms with E-state index in [1.54, 1.807) is 0 Å². The maximum absolute atomic E-state index is 6.36. The molecule has 7 heteroatoms. The van der Waals surface area contributed by atoms with Crippen molar-refractivity contribution in [2.75, 3.05) is 0 Å². The van der Waals surface area contributed by atoms with Crippen molar-refractivity contribution in [2.24, 2.45) is 10.2 Å². The van der Waals surface area contributed by atoms with Crippen LogP contribution in [0.25, 0.3) is 0 Å². The van der Waals surface area contributed by atoms with E-state index in [0.717, 1.165) is 12.2 Å². The first-order valence-corrected chi connectivity index (χ1v) is 13.6. The molecule has 1 aliphatic rings. The summed E-state index contributed by atoms with van der Waals surface area (Å²) in [4.78, 5) is 0. The number of halogens is 2. The molecule has 0 aromatic heterocycles. The number of azo groups is 1. The molecule has 3 aromatic rings. The van der Waals surface area contributed by atoms with Crippen molar-refractivity contribution in [3.63, 3.8) is 0 Å². The maximum atomic E-state index is 6.36. The van der Waals surface area contributed by atoms with E-state index in [1.165, 1.54) is 0 Å². The van der Waals surface area contributed by atoms with Gasteiger partial charge in [0.25, 0.3) is 0 Å². The van der Waals surface area contributed by atoms with Crippen molar-refractivity contribution >= 4 is 69.1 Å². The first kappa shape index (κ1) is 17.1. The first-order valence-electron chi connectivity index (χ1n) is 7.41. The molecule has 0 aliphatic carbocycles. The molecule has 0 N–H and O–H groups in total. The SMILES string of the molecule is Brc1ccc2c(c1)[O][Bi]([c]1ccccc1)[O]c1cc(Br)ccc1N=N2. The van der Waals surface area contributed by atoms with Crippen LogP contribution in [0.2, 0.25) is 0 Å². The van der Waals surface area contributed by atoms with E-state index >= 15 is 0 Å². The van der Waals surface area contributed by atoms with Crippen LogP contribution >= 0.6 is 31.9 Å². The Hall–Kier alpha value is -1.30. The van der Waals surface area contributed by atoms with Crippen LogP contribution in [0.15, 0.2) is 85.9 Å². The summed E-state index contributed by atoms with van der Waals surface area (Å²) < 4.78 is 15.7. The van der Waals surface area contributed by atoms with E-state index in [4.69, 9.17) is 5.63 Å². The Morgan fingerprint density at radius 2 is 1.20 bits per heavy atom. The van der Waals surface area contributed by atoms with Crippen molar-refractivity contribution in [1.29, 1.82) is 0 Å². The molecular formula is C18H11BiBr2N2O2. The summed E-state index contributed by atoms with van der Waals surface area (Å²) in [7, 11) is 0. The third kappa shape index (κ3) is 3.94. The number of nitrogens with zero attached hydrogens (tertiary/aromatic N) is 2. The number of fused-ring (bicyclic) bond motifs is 2. The van der Waals surface area contributed by atoms with Crippen molar-refractivity contribution in [2.45, 2.75) is 0 Å². The predicted octanol–water partition coefficient (Wildman–Crippen LogP) is 5.79. The molecule has 0 saturated carbocycles. The molecule has 0 bridgehead atoms. The molecule has 0 amide bonds. The molecule has 4 rings (SSSR count). The summed E-state index contributed by atoms with van der Waals surface area (Å²) in [5.74, 6) is 1.37. The van der Waals surface area contributed by atoms with Gasteiger partial charge in [-0.2, -0.15) is 0 Å². The Balaban J connectivity index is 1.86. The minimum absolute atomic E-state index is 0.687. The zero-order chi connectivity index (χ0) is 17.2. The van der Waals surface area contributed by atoms with Gasteiger partial charge in [0.15, 0.2) is 0 Å². The Kier molecular flexibility index (Phi) is 5.16. The Bertz CT molecular complexity index is 894. The van der Waals surface area contributed by atoms with Gasteiger partial charge in [0, 0.05) is 0 Å². The van der Waals surface area contributed by atoms with Gasteiger partial charge in [-0.1, -0.05) is 0 Å². The first-order chi connectivity index (χ1) is 12.2. The summed E-state index contributed by atoms with van der Waals surface area (Å²) in [6.45, 7) is 0. The molecule has 4 nitrogen and oxygen atoms in total. The molecule has 0 spiro atoms. The van der Waals surface area contributed by atoms with Gasteiger partial charge in [-0.3, -0.25) is 0 Å². The van der Waals surface area contributed by atoms with Crippen LogP contribution in [0.1, 0.15) is 0 Å². The van der Waals surface area contributed by atoms with Crippen LogP contribution in [0.3, 0.4) is 0 Å². The van der Waals surface area contributed by atoms with Crippen LogP contribution < -0.4 is 8.90 Å². The van der Waals surface area contributed by atoms with Gasteiger partial charge >= 0.3 is 172 Å². The Morgan fingerprint density at radius 3 is 1.72 bits per heavy atom. The molecule has 25 heavy (non-hydrogen) atoms. The van der Waals surface area contributed by atoms with Crippen LogP contribution in [0.4, 0.5) is 11.4 Å². The van der Waals surface area contributed by atoms with E-state index in [-0.39, 0.29) is 0 Å². The molecule has 0 saturated heterocycles. The number of rotatable bonds is 1. The quantitative estimate of drug-likeness (QED) is 0.312. The van der Waals surface area contributed by atoms with Crippen LogP contribution in [0, 0.1) is 0 Å². The summed E-state index contributed by atoms with van der Waals surface area (Å²) in [5.41, 5.74) is 1.39. The van der Waals surface area contributed by atoms with Gasteiger partial charge in [-0.25, -0.2) is 0 Å². The van der Waals surface area contributed by atoms with E-state index in [2.05, 4.69) is 54.2 Å². The molecule has 0 fully saturated rings. The van der Waals surface area contributed by atoms with Gasteiger partial charge < -0.3 is 0 Å². The molecule has 0 unspecified atom stereocenters. The predicted molar refractivity (Wildman–Crippen MR) is 106 cm³/mol. The van der Waals surface area contributed by atoms with E-state index in [1.807, 2.05) is 54.6 Å². The minimum atomic E-state index is -3.03. The second kappa shape index (κ2) is 7.52. The Morgan fingerprint density at radius 1 is 0.680 bits per heavy atom. The monoisotopic (exact) mass is 654 g/mol. The third-order valence-corrected chi connectivity index (χ3v) is 10.0. The summed E-state index contributed by atoms with van der Waals surface area (Å²) in [5, 5.41) is 8.73. The Labute approximate surface area is 171 Å². The number of hydrogen-bond acceptors (Lipinski definition) is 4. The molecule has 0 radical (unpaired) electrons. The molecular weight excluding hydrogens is 645 g/mol. The fourth-order valence-corrected chi connectivity index (χ4v) is 8.03. The van der Waals surface area contributed by atoms with Crippen molar-refractivity contribution < 1.29 is 5.63 Å². The zero-order valence-corrected chi connectivity index (χ0v) is 19.4. The average molecular weight is 656 g/mol. The average Bonchev–Trinajstić information content (AvgIpc) is 2.69. The summed E-state index contributed by atoms with van der Waals surface area (Å²) in [6, 6.07) is 21.6. The van der Waals surface area contributed by atoms with Crippen LogP contribution in [-0.4, -0.2) is 22.6 Å². The zero-order valence-electron chi connectivity index (χ0n) is 12.8. The molecule has 1 heterocycles. The molecule has 0 atom stereocenters. The summed E-state index contributed by atoms with van der Waals surface area (Å²) in [6.07, 6.45) is 0. The van der Waals surface area contributed by atoms with Gasteiger partial charge in [0.2, 0.25) is 0 Å². The normalized spacial score (nSPS) is 13.5. The van der Waals surface area contributed by atoms with Gasteiger partial charge in [0.1, 0.15) is 0 Å². The van der Waals surface area contributed by atoms with Gasteiger partial charge in [0.05, 0.1) is 0 Å². The van der Waals surface area contributed by atoms with E-state index < -0.39 is 22.6 Å². The number of benzene rings is 3. The van der Waals surface area contributed by atoms with Crippen molar-refractivity contribution in [3.05, 3.63) is 75.7 Å². The fourth-order valence-electron chi connectivity index (χ4n) is 2.25. The van der Waals surface area contributed by atoms with Crippen LogP contribution in [0.5, 0.6) is 11.5 Å². The summed E-state index contributed by atoms with van der Waals surface area (Å²) >= 11 is 3.95. The second-order valence-electron chi connectivity index (χ2n) is 5.20.